The summed E-state index contributed by atoms with van der Waals surface area (Å²) in [5.41, 5.74) is 1.63. The van der Waals surface area contributed by atoms with E-state index in [0.717, 1.165) is 20.7 Å². The Morgan fingerprint density at radius 2 is 1.93 bits per heavy atom. The molecule has 0 fully saturated rings. The van der Waals surface area contributed by atoms with Crippen LogP contribution in [0.25, 0.3) is 21.1 Å². The van der Waals surface area contributed by atoms with E-state index in [1.807, 2.05) is 36.4 Å². The Balaban J connectivity index is 1.32. The summed E-state index contributed by atoms with van der Waals surface area (Å²) in [6.07, 6.45) is 2.32. The number of amides is 1. The van der Waals surface area contributed by atoms with E-state index in [0.29, 0.717) is 31.3 Å². The van der Waals surface area contributed by atoms with Gasteiger partial charge in [-0.15, -0.1) is 11.3 Å². The number of nitrogens with zero attached hydrogens (tertiary/aromatic N) is 3. The molecule has 0 atom stereocenters. The highest BCUT2D eigenvalue weighted by Crippen LogP contribution is 2.21. The van der Waals surface area contributed by atoms with Crippen LogP contribution in [0.5, 0.6) is 0 Å². The minimum atomic E-state index is -0.109. The van der Waals surface area contributed by atoms with Crippen LogP contribution < -0.4 is 10.7 Å². The molecular formula is C20H18N4O2S. The lowest BCUT2D eigenvalue weighted by Crippen LogP contribution is -2.27. The molecule has 4 rings (SSSR count). The molecule has 2 aromatic heterocycles. The number of thiazole rings is 1. The van der Waals surface area contributed by atoms with Crippen molar-refractivity contribution in [2.75, 3.05) is 6.54 Å². The molecule has 0 saturated heterocycles. The van der Waals surface area contributed by atoms with Crippen molar-refractivity contribution in [3.63, 3.8) is 0 Å². The predicted octanol–water partition coefficient (Wildman–Crippen LogP) is 2.76. The van der Waals surface area contributed by atoms with Gasteiger partial charge in [-0.2, -0.15) is 5.10 Å². The smallest absolute Gasteiger partial charge is 0.221 e. The first-order valence-electron chi connectivity index (χ1n) is 8.77. The summed E-state index contributed by atoms with van der Waals surface area (Å²) in [6, 6.07) is 15.3. The van der Waals surface area contributed by atoms with Gasteiger partial charge in [0.25, 0.3) is 0 Å². The van der Waals surface area contributed by atoms with E-state index in [1.54, 1.807) is 22.1 Å². The maximum atomic E-state index is 12.2. The average molecular weight is 378 g/mol. The number of nitrogens with one attached hydrogen (secondary N) is 1. The molecule has 7 heteroatoms. The third kappa shape index (κ3) is 3.88. The number of hydrogen-bond acceptors (Lipinski definition) is 5. The van der Waals surface area contributed by atoms with E-state index in [4.69, 9.17) is 0 Å². The van der Waals surface area contributed by atoms with Crippen LogP contribution in [0.2, 0.25) is 0 Å². The quantitative estimate of drug-likeness (QED) is 0.560. The monoisotopic (exact) mass is 378 g/mol. The summed E-state index contributed by atoms with van der Waals surface area (Å²) in [6.45, 7) is 0.977. The first kappa shape index (κ1) is 17.4. The van der Waals surface area contributed by atoms with E-state index in [1.165, 1.54) is 6.20 Å². The number of benzene rings is 2. The number of carbonyl (C=O) groups is 1. The van der Waals surface area contributed by atoms with Gasteiger partial charge in [-0.05, 0) is 24.3 Å². The third-order valence-corrected chi connectivity index (χ3v) is 5.41. The van der Waals surface area contributed by atoms with Gasteiger partial charge in [-0.1, -0.05) is 24.3 Å². The molecule has 136 valence electrons. The minimum absolute atomic E-state index is 0.0410. The Labute approximate surface area is 159 Å². The van der Waals surface area contributed by atoms with Gasteiger partial charge in [0, 0.05) is 24.8 Å². The van der Waals surface area contributed by atoms with Crippen LogP contribution in [0.4, 0.5) is 0 Å². The van der Waals surface area contributed by atoms with Crippen molar-refractivity contribution in [2.24, 2.45) is 0 Å². The van der Waals surface area contributed by atoms with Gasteiger partial charge < -0.3 is 5.32 Å². The second kappa shape index (κ2) is 7.67. The van der Waals surface area contributed by atoms with E-state index in [2.05, 4.69) is 21.5 Å². The van der Waals surface area contributed by atoms with Crippen LogP contribution in [-0.2, 0) is 17.8 Å². The van der Waals surface area contributed by atoms with Crippen LogP contribution in [0.1, 0.15) is 11.4 Å². The molecule has 6 nitrogen and oxygen atoms in total. The first-order valence-corrected chi connectivity index (χ1v) is 9.58. The van der Waals surface area contributed by atoms with Gasteiger partial charge in [0.05, 0.1) is 33.5 Å². The van der Waals surface area contributed by atoms with Crippen LogP contribution in [0.3, 0.4) is 0 Å². The standard InChI is InChI=1S/C20H18N4O2S/c25-17-13-22-24(16-7-3-1-5-14(16)17)12-10-19(26)21-11-9-20-23-15-6-2-4-8-18(15)27-20/h1-8,13H,9-12H2,(H,21,26). The van der Waals surface area contributed by atoms with Crippen LogP contribution >= 0.6 is 11.3 Å². The molecular weight excluding hydrogens is 360 g/mol. The molecule has 1 N–H and O–H groups in total. The van der Waals surface area contributed by atoms with Gasteiger partial charge in [-0.25, -0.2) is 4.98 Å². The van der Waals surface area contributed by atoms with Crippen molar-refractivity contribution < 1.29 is 4.79 Å². The Hall–Kier alpha value is -3.06. The first-order chi connectivity index (χ1) is 13.2. The molecule has 2 heterocycles. The summed E-state index contributed by atoms with van der Waals surface area (Å²) in [5.74, 6) is -0.0410. The Morgan fingerprint density at radius 1 is 1.11 bits per heavy atom. The number of hydrogen-bond donors (Lipinski definition) is 1. The molecule has 0 radical (unpaired) electrons. The van der Waals surface area contributed by atoms with Gasteiger partial charge in [-0.3, -0.25) is 14.3 Å². The van der Waals surface area contributed by atoms with E-state index in [9.17, 15) is 9.59 Å². The lowest BCUT2D eigenvalue weighted by Gasteiger charge is -2.09. The summed E-state index contributed by atoms with van der Waals surface area (Å²) in [7, 11) is 0. The summed E-state index contributed by atoms with van der Waals surface area (Å²) in [4.78, 5) is 28.6. The fourth-order valence-electron chi connectivity index (χ4n) is 2.97. The fourth-order valence-corrected chi connectivity index (χ4v) is 3.94. The highest BCUT2D eigenvalue weighted by atomic mass is 32.1. The van der Waals surface area contributed by atoms with Gasteiger partial charge >= 0.3 is 0 Å². The maximum Gasteiger partial charge on any atom is 0.221 e. The predicted molar refractivity (Wildman–Crippen MR) is 107 cm³/mol. The number of aryl methyl sites for hydroxylation is 1. The maximum absolute atomic E-state index is 12.2. The van der Waals surface area contributed by atoms with E-state index in [-0.39, 0.29) is 11.3 Å². The van der Waals surface area contributed by atoms with Crippen LogP contribution in [0.15, 0.2) is 59.5 Å². The largest absolute Gasteiger partial charge is 0.356 e. The van der Waals surface area contributed by atoms with Crippen molar-refractivity contribution in [2.45, 2.75) is 19.4 Å². The minimum Gasteiger partial charge on any atom is -0.356 e. The molecule has 2 aromatic carbocycles. The molecule has 0 aliphatic rings. The molecule has 0 aliphatic carbocycles. The highest BCUT2D eigenvalue weighted by Gasteiger charge is 2.07. The Kier molecular flexibility index (Phi) is 4.93. The zero-order chi connectivity index (χ0) is 18.6. The molecule has 27 heavy (non-hydrogen) atoms. The summed E-state index contributed by atoms with van der Waals surface area (Å²) < 4.78 is 2.86. The molecule has 0 bridgehead atoms. The van der Waals surface area contributed by atoms with E-state index < -0.39 is 0 Å². The molecule has 0 saturated carbocycles. The third-order valence-electron chi connectivity index (χ3n) is 4.31. The van der Waals surface area contributed by atoms with Crippen LogP contribution in [-0.4, -0.2) is 27.2 Å². The molecule has 1 amide bonds. The molecule has 0 aliphatic heterocycles. The summed E-state index contributed by atoms with van der Waals surface area (Å²) >= 11 is 1.66. The van der Waals surface area contributed by atoms with Crippen molar-refractivity contribution in [3.8, 4) is 0 Å². The van der Waals surface area contributed by atoms with Gasteiger partial charge in [0.15, 0.2) is 0 Å². The summed E-state index contributed by atoms with van der Waals surface area (Å²) in [5, 5.41) is 8.71. The average Bonchev–Trinajstić information content (AvgIpc) is 3.10. The number of carbonyl (C=O) groups excluding carboxylic acids is 1. The normalized spacial score (nSPS) is 11.1. The van der Waals surface area contributed by atoms with Gasteiger partial charge in [0.2, 0.25) is 11.3 Å². The lowest BCUT2D eigenvalue weighted by atomic mass is 10.2. The molecule has 4 aromatic rings. The molecule has 0 unspecified atom stereocenters. The Bertz CT molecular complexity index is 1130. The number of rotatable bonds is 6. The van der Waals surface area contributed by atoms with Crippen molar-refractivity contribution in [3.05, 3.63) is 70.0 Å². The zero-order valence-electron chi connectivity index (χ0n) is 14.6. The second-order valence-electron chi connectivity index (χ2n) is 6.17. The second-order valence-corrected chi connectivity index (χ2v) is 7.29. The number of aromatic nitrogens is 3. The Morgan fingerprint density at radius 3 is 2.81 bits per heavy atom. The SMILES string of the molecule is O=C(CCn1ncc(=O)c2ccccc21)NCCc1nc2ccccc2s1. The fraction of sp³-hybridized carbons (Fsp3) is 0.200. The van der Waals surface area contributed by atoms with Crippen molar-refractivity contribution in [1.29, 1.82) is 0 Å². The zero-order valence-corrected chi connectivity index (χ0v) is 15.4. The van der Waals surface area contributed by atoms with Crippen molar-refractivity contribution >= 4 is 38.4 Å². The molecule has 0 spiro atoms. The number of fused-ring (bicyclic) bond motifs is 2. The lowest BCUT2D eigenvalue weighted by molar-refractivity contribution is -0.121. The number of para-hydroxylation sites is 2. The van der Waals surface area contributed by atoms with Crippen LogP contribution in [0, 0.1) is 0 Å². The highest BCUT2D eigenvalue weighted by molar-refractivity contribution is 7.18. The van der Waals surface area contributed by atoms with Gasteiger partial charge in [0.1, 0.15) is 0 Å². The van der Waals surface area contributed by atoms with E-state index >= 15 is 0 Å². The topological polar surface area (TPSA) is 76.9 Å². The van der Waals surface area contributed by atoms with Crippen molar-refractivity contribution in [1.82, 2.24) is 20.1 Å².